The first-order valence-electron chi connectivity index (χ1n) is 4.79. The molecular formula is C10H23N3. The summed E-state index contributed by atoms with van der Waals surface area (Å²) in [4.78, 5) is 0. The minimum Gasteiger partial charge on any atom is -0.327 e. The number of likely N-dealkylation sites (N-methyl/N-ethyl adjacent to an activating group) is 1. The van der Waals surface area contributed by atoms with Gasteiger partial charge in [-0.15, -0.1) is 0 Å². The van der Waals surface area contributed by atoms with E-state index in [1.54, 1.807) is 0 Å². The van der Waals surface area contributed by atoms with Crippen molar-refractivity contribution in [2.24, 2.45) is 11.1 Å². The highest BCUT2D eigenvalue weighted by Gasteiger charge is 2.21. The lowest BCUT2D eigenvalue weighted by molar-refractivity contribution is 0.472. The van der Waals surface area contributed by atoms with Gasteiger partial charge in [0.15, 0.2) is 0 Å². The monoisotopic (exact) mass is 185 g/mol. The van der Waals surface area contributed by atoms with Gasteiger partial charge in [-0.2, -0.15) is 0 Å². The van der Waals surface area contributed by atoms with Gasteiger partial charge in [0.1, 0.15) is 0 Å². The van der Waals surface area contributed by atoms with Crippen molar-refractivity contribution in [2.75, 3.05) is 7.05 Å². The predicted molar refractivity (Wildman–Crippen MR) is 58.3 cm³/mol. The maximum atomic E-state index is 7.87. The van der Waals surface area contributed by atoms with Crippen molar-refractivity contribution < 1.29 is 0 Å². The first kappa shape index (κ1) is 12.6. The first-order chi connectivity index (χ1) is 5.79. The van der Waals surface area contributed by atoms with Crippen molar-refractivity contribution in [3.05, 3.63) is 0 Å². The molecule has 3 nitrogen and oxygen atoms in total. The Kier molecular flexibility index (Phi) is 4.57. The van der Waals surface area contributed by atoms with E-state index in [2.05, 4.69) is 26.1 Å². The molecule has 0 radical (unpaired) electrons. The molecule has 0 rings (SSSR count). The highest BCUT2D eigenvalue weighted by molar-refractivity contribution is 5.86. The smallest absolute Gasteiger partial charge is 0.0265 e. The number of hydrogen-bond acceptors (Lipinski definition) is 3. The molecule has 0 saturated heterocycles. The maximum Gasteiger partial charge on any atom is 0.0265 e. The first-order valence-corrected chi connectivity index (χ1v) is 4.79. The fourth-order valence-corrected chi connectivity index (χ4v) is 1.08. The van der Waals surface area contributed by atoms with Gasteiger partial charge in [-0.1, -0.05) is 20.8 Å². The average molecular weight is 185 g/mol. The highest BCUT2D eigenvalue weighted by Crippen LogP contribution is 2.18. The number of nitrogens with one attached hydrogen (secondary N) is 2. The molecule has 2 atom stereocenters. The van der Waals surface area contributed by atoms with Gasteiger partial charge in [0.25, 0.3) is 0 Å². The molecule has 0 aliphatic carbocycles. The van der Waals surface area contributed by atoms with Gasteiger partial charge in [-0.3, -0.25) is 0 Å². The Balaban J connectivity index is 4.18. The fraction of sp³-hybridized carbons (Fsp3) is 0.900. The Labute approximate surface area is 81.6 Å². The Bertz CT molecular complexity index is 167. The van der Waals surface area contributed by atoms with Gasteiger partial charge in [0.05, 0.1) is 0 Å². The summed E-state index contributed by atoms with van der Waals surface area (Å²) in [5.41, 5.74) is 6.50. The Morgan fingerprint density at radius 1 is 1.46 bits per heavy atom. The summed E-state index contributed by atoms with van der Waals surface area (Å²) in [5.74, 6) is 0. The van der Waals surface area contributed by atoms with Crippen molar-refractivity contribution in [3.63, 3.8) is 0 Å². The molecule has 78 valence electrons. The maximum absolute atomic E-state index is 7.87. The van der Waals surface area contributed by atoms with Crippen LogP contribution in [0.4, 0.5) is 0 Å². The Morgan fingerprint density at radius 3 is 2.15 bits per heavy atom. The van der Waals surface area contributed by atoms with E-state index in [0.29, 0.717) is 0 Å². The summed E-state index contributed by atoms with van der Waals surface area (Å²) in [6, 6.07) is 0.305. The van der Waals surface area contributed by atoms with Crippen LogP contribution in [0.15, 0.2) is 0 Å². The van der Waals surface area contributed by atoms with E-state index < -0.39 is 0 Å². The van der Waals surface area contributed by atoms with Crippen LogP contribution in [0.2, 0.25) is 0 Å². The summed E-state index contributed by atoms with van der Waals surface area (Å²) in [6.07, 6.45) is 0.734. The second kappa shape index (κ2) is 4.72. The van der Waals surface area contributed by atoms with E-state index >= 15 is 0 Å². The predicted octanol–water partition coefficient (Wildman–Crippen LogP) is 1.38. The van der Waals surface area contributed by atoms with Crippen LogP contribution >= 0.6 is 0 Å². The van der Waals surface area contributed by atoms with Crippen LogP contribution in [0.3, 0.4) is 0 Å². The molecule has 0 aliphatic heterocycles. The highest BCUT2D eigenvalue weighted by atomic mass is 14.9. The lowest BCUT2D eigenvalue weighted by Gasteiger charge is -2.26. The molecule has 0 bridgehead atoms. The Hall–Kier alpha value is -0.410. The van der Waals surface area contributed by atoms with Crippen molar-refractivity contribution in [3.8, 4) is 0 Å². The van der Waals surface area contributed by atoms with Crippen LogP contribution in [-0.4, -0.2) is 24.8 Å². The summed E-state index contributed by atoms with van der Waals surface area (Å²) >= 11 is 0. The van der Waals surface area contributed by atoms with Gasteiger partial charge in [-0.05, 0) is 19.4 Å². The molecule has 0 aromatic carbocycles. The zero-order chi connectivity index (χ0) is 10.6. The standard InChI is InChI=1S/C10H23N3/c1-7(11)8(13-5)6-9(12)10(2,3)4/h7-8,12-13H,6,11H2,1-5H3. The van der Waals surface area contributed by atoms with Crippen LogP contribution < -0.4 is 11.1 Å². The van der Waals surface area contributed by atoms with Gasteiger partial charge in [0, 0.05) is 24.2 Å². The molecule has 2 unspecified atom stereocenters. The third kappa shape index (κ3) is 4.39. The zero-order valence-corrected chi connectivity index (χ0v) is 9.44. The lowest BCUT2D eigenvalue weighted by atomic mass is 9.85. The van der Waals surface area contributed by atoms with E-state index in [-0.39, 0.29) is 17.5 Å². The Morgan fingerprint density at radius 2 is 1.92 bits per heavy atom. The second-order valence-electron chi connectivity index (χ2n) is 4.69. The molecule has 0 saturated carbocycles. The average Bonchev–Trinajstić information content (AvgIpc) is 1.96. The van der Waals surface area contributed by atoms with Gasteiger partial charge >= 0.3 is 0 Å². The third-order valence-electron chi connectivity index (χ3n) is 2.33. The summed E-state index contributed by atoms with van der Waals surface area (Å²) in [7, 11) is 1.89. The molecule has 0 aromatic heterocycles. The number of rotatable bonds is 4. The zero-order valence-electron chi connectivity index (χ0n) is 9.44. The molecule has 0 aliphatic rings. The van der Waals surface area contributed by atoms with Crippen LogP contribution in [0.25, 0.3) is 0 Å². The number of nitrogens with two attached hydrogens (primary N) is 1. The minimum atomic E-state index is -0.0377. The molecule has 4 N–H and O–H groups in total. The number of hydrogen-bond donors (Lipinski definition) is 3. The van der Waals surface area contributed by atoms with Gasteiger partial charge in [-0.25, -0.2) is 0 Å². The van der Waals surface area contributed by atoms with Crippen LogP contribution in [0.1, 0.15) is 34.1 Å². The van der Waals surface area contributed by atoms with Crippen molar-refractivity contribution in [2.45, 2.75) is 46.2 Å². The third-order valence-corrected chi connectivity index (χ3v) is 2.33. The summed E-state index contributed by atoms with van der Waals surface area (Å²) in [6.45, 7) is 8.15. The molecule has 0 spiro atoms. The molecule has 13 heavy (non-hydrogen) atoms. The van der Waals surface area contributed by atoms with E-state index in [1.165, 1.54) is 0 Å². The molecule has 3 heteroatoms. The van der Waals surface area contributed by atoms with Crippen molar-refractivity contribution in [1.82, 2.24) is 5.32 Å². The normalized spacial score (nSPS) is 16.8. The van der Waals surface area contributed by atoms with Gasteiger partial charge < -0.3 is 16.5 Å². The van der Waals surface area contributed by atoms with Gasteiger partial charge in [0.2, 0.25) is 0 Å². The van der Waals surface area contributed by atoms with Crippen LogP contribution in [-0.2, 0) is 0 Å². The molecular weight excluding hydrogens is 162 g/mol. The molecule has 0 heterocycles. The summed E-state index contributed by atoms with van der Waals surface area (Å²) < 4.78 is 0. The van der Waals surface area contributed by atoms with E-state index in [9.17, 15) is 0 Å². The second-order valence-corrected chi connectivity index (χ2v) is 4.69. The molecule has 0 fully saturated rings. The van der Waals surface area contributed by atoms with E-state index in [1.807, 2.05) is 14.0 Å². The molecule has 0 amide bonds. The van der Waals surface area contributed by atoms with Crippen LogP contribution in [0, 0.1) is 10.8 Å². The summed E-state index contributed by atoms with van der Waals surface area (Å²) in [5, 5.41) is 11.0. The van der Waals surface area contributed by atoms with Crippen LogP contribution in [0.5, 0.6) is 0 Å². The SMILES string of the molecule is CNC(CC(=N)C(C)(C)C)C(C)N. The van der Waals surface area contributed by atoms with Crippen molar-refractivity contribution in [1.29, 1.82) is 5.41 Å². The van der Waals surface area contributed by atoms with E-state index in [4.69, 9.17) is 11.1 Å². The minimum absolute atomic E-state index is 0.0377. The fourth-order valence-electron chi connectivity index (χ4n) is 1.08. The molecule has 0 aromatic rings. The largest absolute Gasteiger partial charge is 0.327 e. The van der Waals surface area contributed by atoms with E-state index in [0.717, 1.165) is 12.1 Å². The quantitative estimate of drug-likeness (QED) is 0.579. The topological polar surface area (TPSA) is 61.9 Å². The van der Waals surface area contributed by atoms with Crippen molar-refractivity contribution >= 4 is 5.71 Å². The lowest BCUT2D eigenvalue weighted by Crippen LogP contribution is -2.44.